The van der Waals surface area contributed by atoms with Crippen molar-refractivity contribution < 1.29 is 0 Å². The molecule has 0 aromatic heterocycles. The first-order valence-electron chi connectivity index (χ1n) is 4.38. The SMILES string of the molecule is CCN1C(Cl)=NC(N)N(CC)C1N. The lowest BCUT2D eigenvalue weighted by Gasteiger charge is -2.41. The Kier molecular flexibility index (Phi) is 3.49. The van der Waals surface area contributed by atoms with Gasteiger partial charge in [0.15, 0.2) is 11.6 Å². The van der Waals surface area contributed by atoms with Gasteiger partial charge in [-0.25, -0.2) is 9.89 Å². The Morgan fingerprint density at radius 3 is 2.46 bits per heavy atom. The molecular formula is C7H16ClN5. The van der Waals surface area contributed by atoms with Crippen LogP contribution in [0.4, 0.5) is 0 Å². The predicted molar refractivity (Wildman–Crippen MR) is 54.0 cm³/mol. The van der Waals surface area contributed by atoms with Crippen LogP contribution in [0.3, 0.4) is 0 Å². The first-order valence-corrected chi connectivity index (χ1v) is 4.76. The van der Waals surface area contributed by atoms with Crippen LogP contribution in [0.25, 0.3) is 0 Å². The number of amidine groups is 1. The molecule has 0 spiro atoms. The van der Waals surface area contributed by atoms with Crippen LogP contribution in [0.2, 0.25) is 0 Å². The van der Waals surface area contributed by atoms with Gasteiger partial charge in [-0.15, -0.1) is 0 Å². The lowest BCUT2D eigenvalue weighted by atomic mass is 10.4. The van der Waals surface area contributed by atoms with Crippen LogP contribution in [0.5, 0.6) is 0 Å². The molecule has 13 heavy (non-hydrogen) atoms. The van der Waals surface area contributed by atoms with Gasteiger partial charge in [0.25, 0.3) is 0 Å². The summed E-state index contributed by atoms with van der Waals surface area (Å²) in [6.07, 6.45) is -0.690. The zero-order chi connectivity index (χ0) is 10.0. The minimum absolute atomic E-state index is 0.269. The summed E-state index contributed by atoms with van der Waals surface area (Å²) in [4.78, 5) is 7.74. The first-order chi connectivity index (χ1) is 6.11. The van der Waals surface area contributed by atoms with Crippen LogP contribution in [-0.4, -0.2) is 40.8 Å². The van der Waals surface area contributed by atoms with Gasteiger partial charge in [-0.05, 0) is 18.5 Å². The van der Waals surface area contributed by atoms with Gasteiger partial charge in [-0.2, -0.15) is 0 Å². The van der Waals surface area contributed by atoms with Crippen molar-refractivity contribution in [2.24, 2.45) is 16.5 Å². The lowest BCUT2D eigenvalue weighted by molar-refractivity contribution is 0.0520. The summed E-state index contributed by atoms with van der Waals surface area (Å²) in [7, 11) is 0. The zero-order valence-electron chi connectivity index (χ0n) is 7.94. The summed E-state index contributed by atoms with van der Waals surface area (Å²) in [5.41, 5.74) is 11.7. The second-order valence-corrected chi connectivity index (χ2v) is 3.18. The van der Waals surface area contributed by atoms with Gasteiger partial charge in [0.2, 0.25) is 0 Å². The summed E-state index contributed by atoms with van der Waals surface area (Å²) < 4.78 is 0. The fourth-order valence-electron chi connectivity index (χ4n) is 1.39. The molecule has 0 aromatic rings. The highest BCUT2D eigenvalue weighted by Crippen LogP contribution is 2.13. The quantitative estimate of drug-likeness (QED) is 0.609. The summed E-state index contributed by atoms with van der Waals surface area (Å²) in [6, 6.07) is 0. The Bertz CT molecular complexity index is 207. The van der Waals surface area contributed by atoms with E-state index >= 15 is 0 Å². The molecule has 4 N–H and O–H groups in total. The van der Waals surface area contributed by atoms with Crippen LogP contribution in [0, 0.1) is 0 Å². The third kappa shape index (κ3) is 1.94. The Balaban J connectivity index is 2.85. The molecule has 0 amide bonds. The molecule has 2 unspecified atom stereocenters. The predicted octanol–water partition coefficient (Wildman–Crippen LogP) is -0.277. The van der Waals surface area contributed by atoms with Crippen molar-refractivity contribution in [3.63, 3.8) is 0 Å². The van der Waals surface area contributed by atoms with Gasteiger partial charge >= 0.3 is 0 Å². The number of aliphatic imine (C=N–C) groups is 1. The molecule has 0 radical (unpaired) electrons. The monoisotopic (exact) mass is 205 g/mol. The van der Waals surface area contributed by atoms with Crippen LogP contribution < -0.4 is 11.5 Å². The van der Waals surface area contributed by atoms with E-state index in [9.17, 15) is 0 Å². The molecular weight excluding hydrogens is 190 g/mol. The molecule has 0 saturated heterocycles. The smallest absolute Gasteiger partial charge is 0.199 e. The molecule has 1 aliphatic rings. The van der Waals surface area contributed by atoms with E-state index in [1.54, 1.807) is 4.90 Å². The van der Waals surface area contributed by atoms with E-state index in [1.165, 1.54) is 0 Å². The van der Waals surface area contributed by atoms with Crippen molar-refractivity contribution in [3.8, 4) is 0 Å². The van der Waals surface area contributed by atoms with Gasteiger partial charge in [0, 0.05) is 13.1 Å². The average Bonchev–Trinajstić information content (AvgIpc) is 2.04. The van der Waals surface area contributed by atoms with Crippen molar-refractivity contribution in [1.29, 1.82) is 0 Å². The molecule has 76 valence electrons. The maximum absolute atomic E-state index is 5.93. The molecule has 1 rings (SSSR count). The van der Waals surface area contributed by atoms with Gasteiger partial charge in [0.05, 0.1) is 0 Å². The van der Waals surface area contributed by atoms with E-state index in [0.717, 1.165) is 13.1 Å². The van der Waals surface area contributed by atoms with E-state index in [1.807, 2.05) is 18.7 Å². The normalized spacial score (nSPS) is 30.5. The van der Waals surface area contributed by atoms with Crippen molar-refractivity contribution in [3.05, 3.63) is 0 Å². The largest absolute Gasteiger partial charge is 0.319 e. The van der Waals surface area contributed by atoms with Crippen molar-refractivity contribution in [1.82, 2.24) is 9.80 Å². The van der Waals surface area contributed by atoms with E-state index in [2.05, 4.69) is 4.99 Å². The third-order valence-corrected chi connectivity index (χ3v) is 2.50. The minimum atomic E-state index is -0.421. The number of hydrogen-bond donors (Lipinski definition) is 2. The van der Waals surface area contributed by atoms with Crippen LogP contribution in [-0.2, 0) is 0 Å². The lowest BCUT2D eigenvalue weighted by Crippen LogP contribution is -2.63. The van der Waals surface area contributed by atoms with Gasteiger partial charge in [-0.1, -0.05) is 6.92 Å². The van der Waals surface area contributed by atoms with Crippen LogP contribution >= 0.6 is 11.6 Å². The number of nitrogens with two attached hydrogens (primary N) is 2. The molecule has 0 aliphatic carbocycles. The zero-order valence-corrected chi connectivity index (χ0v) is 8.70. The van der Waals surface area contributed by atoms with Crippen molar-refractivity contribution in [2.45, 2.75) is 26.4 Å². The molecule has 0 aromatic carbocycles. The maximum Gasteiger partial charge on any atom is 0.199 e. The fraction of sp³-hybridized carbons (Fsp3) is 0.857. The highest BCUT2D eigenvalue weighted by Gasteiger charge is 2.30. The minimum Gasteiger partial charge on any atom is -0.319 e. The number of rotatable bonds is 2. The molecule has 2 atom stereocenters. The molecule has 5 nitrogen and oxygen atoms in total. The summed E-state index contributed by atoms with van der Waals surface area (Å²) >= 11 is 5.88. The second-order valence-electron chi connectivity index (χ2n) is 2.84. The van der Waals surface area contributed by atoms with E-state index in [-0.39, 0.29) is 6.29 Å². The fourth-order valence-corrected chi connectivity index (χ4v) is 1.71. The first kappa shape index (κ1) is 10.7. The van der Waals surface area contributed by atoms with E-state index in [0.29, 0.717) is 5.29 Å². The topological polar surface area (TPSA) is 70.9 Å². The Morgan fingerprint density at radius 1 is 1.38 bits per heavy atom. The van der Waals surface area contributed by atoms with Crippen LogP contribution in [0.1, 0.15) is 13.8 Å². The van der Waals surface area contributed by atoms with E-state index in [4.69, 9.17) is 23.1 Å². The highest BCUT2D eigenvalue weighted by atomic mass is 35.5. The van der Waals surface area contributed by atoms with Crippen LogP contribution in [0.15, 0.2) is 4.99 Å². The van der Waals surface area contributed by atoms with Crippen molar-refractivity contribution >= 4 is 16.9 Å². The molecule has 0 fully saturated rings. The number of nitrogens with zero attached hydrogens (tertiary/aromatic N) is 3. The van der Waals surface area contributed by atoms with E-state index < -0.39 is 6.29 Å². The van der Waals surface area contributed by atoms with Gasteiger partial charge in [0.1, 0.15) is 6.29 Å². The summed E-state index contributed by atoms with van der Waals surface area (Å²) in [5.74, 6) is 0. The second kappa shape index (κ2) is 4.23. The maximum atomic E-state index is 5.93. The number of halogens is 1. The molecule has 0 bridgehead atoms. The average molecular weight is 206 g/mol. The van der Waals surface area contributed by atoms with Crippen molar-refractivity contribution in [2.75, 3.05) is 13.1 Å². The molecule has 6 heteroatoms. The standard InChI is InChI=1S/C7H16ClN5/c1-3-12-5(8)11-6(9)13(4-2)7(12)10/h6-7H,3-4,9-10H2,1-2H3. The van der Waals surface area contributed by atoms with Gasteiger partial charge < -0.3 is 4.90 Å². The molecule has 1 aliphatic heterocycles. The highest BCUT2D eigenvalue weighted by molar-refractivity contribution is 6.64. The Labute approximate surface area is 83.3 Å². The molecule has 1 heterocycles. The Hall–Kier alpha value is -0.360. The third-order valence-electron chi connectivity index (χ3n) is 2.18. The Morgan fingerprint density at radius 2 is 2.00 bits per heavy atom. The summed E-state index contributed by atoms with van der Waals surface area (Å²) in [6.45, 7) is 5.45. The van der Waals surface area contributed by atoms with Gasteiger partial charge in [-0.3, -0.25) is 11.5 Å². The number of hydrogen-bond acceptors (Lipinski definition) is 5. The summed E-state index contributed by atoms with van der Waals surface area (Å²) in [5, 5.41) is 0.396. The molecule has 0 saturated carbocycles.